The lowest BCUT2D eigenvalue weighted by atomic mass is 10.1. The van der Waals surface area contributed by atoms with Crippen LogP contribution in [0.1, 0.15) is 29.7 Å². The van der Waals surface area contributed by atoms with Gasteiger partial charge in [0.2, 0.25) is 0 Å². The van der Waals surface area contributed by atoms with Gasteiger partial charge in [0.25, 0.3) is 0 Å². The fourth-order valence-corrected chi connectivity index (χ4v) is 2.31. The molecule has 1 atom stereocenters. The summed E-state index contributed by atoms with van der Waals surface area (Å²) in [5.74, 6) is 1.38. The molecular weight excluding hydrogens is 288 g/mol. The molecule has 2 aromatic rings. The van der Waals surface area contributed by atoms with Crippen LogP contribution in [0.15, 0.2) is 36.4 Å². The van der Waals surface area contributed by atoms with Crippen LogP contribution in [-0.4, -0.2) is 12.2 Å². The molecule has 0 saturated carbocycles. The molecule has 0 amide bonds. The Morgan fingerprint density at radius 1 is 1.14 bits per heavy atom. The summed E-state index contributed by atoms with van der Waals surface area (Å²) >= 11 is 6.18. The van der Waals surface area contributed by atoms with Crippen LogP contribution >= 0.6 is 11.6 Å². The van der Waals surface area contributed by atoms with E-state index in [1.807, 2.05) is 25.1 Å². The van der Waals surface area contributed by atoms with Crippen molar-refractivity contribution in [1.82, 2.24) is 0 Å². The second kappa shape index (κ2) is 6.83. The van der Waals surface area contributed by atoms with Gasteiger partial charge < -0.3 is 14.6 Å². The Hall–Kier alpha value is -1.71. The normalized spacial score (nSPS) is 12.0. The fraction of sp³-hybridized carbons (Fsp3) is 0.294. The van der Waals surface area contributed by atoms with Crippen molar-refractivity contribution in [1.29, 1.82) is 0 Å². The van der Waals surface area contributed by atoms with Crippen molar-refractivity contribution >= 4 is 11.6 Å². The zero-order chi connectivity index (χ0) is 15.4. The van der Waals surface area contributed by atoms with Crippen molar-refractivity contribution < 1.29 is 14.6 Å². The zero-order valence-electron chi connectivity index (χ0n) is 12.4. The molecule has 0 unspecified atom stereocenters. The third-order valence-corrected chi connectivity index (χ3v) is 3.55. The largest absolute Gasteiger partial charge is 0.496 e. The lowest BCUT2D eigenvalue weighted by molar-refractivity contribution is 0.199. The standard InChI is InChI=1S/C17H19ClO3/c1-11-4-6-16(20-3)14(8-11)10-21-17-7-5-13(12(2)19)9-15(17)18/h4-9,12,19H,10H2,1-3H3/t12-/m0/s1. The molecule has 3 nitrogen and oxygen atoms in total. The Labute approximate surface area is 130 Å². The van der Waals surface area contributed by atoms with Gasteiger partial charge in [-0.2, -0.15) is 0 Å². The number of halogens is 1. The molecule has 4 heteroatoms. The Morgan fingerprint density at radius 2 is 1.86 bits per heavy atom. The van der Waals surface area contributed by atoms with Gasteiger partial charge in [0.1, 0.15) is 18.1 Å². The van der Waals surface area contributed by atoms with E-state index < -0.39 is 6.10 Å². The lowest BCUT2D eigenvalue weighted by Gasteiger charge is -2.13. The Morgan fingerprint density at radius 3 is 2.48 bits per heavy atom. The van der Waals surface area contributed by atoms with Crippen LogP contribution in [0.25, 0.3) is 0 Å². The van der Waals surface area contributed by atoms with Gasteiger partial charge in [-0.1, -0.05) is 29.3 Å². The SMILES string of the molecule is COc1ccc(C)cc1COc1ccc([C@H](C)O)cc1Cl. The van der Waals surface area contributed by atoms with E-state index >= 15 is 0 Å². The summed E-state index contributed by atoms with van der Waals surface area (Å²) in [4.78, 5) is 0. The quantitative estimate of drug-likeness (QED) is 0.895. The molecule has 21 heavy (non-hydrogen) atoms. The minimum atomic E-state index is -0.548. The third-order valence-electron chi connectivity index (χ3n) is 3.26. The number of aryl methyl sites for hydroxylation is 1. The molecule has 0 aliphatic rings. The molecule has 0 radical (unpaired) electrons. The number of hydrogen-bond donors (Lipinski definition) is 1. The van der Waals surface area contributed by atoms with E-state index in [1.54, 1.807) is 32.2 Å². The minimum absolute atomic E-state index is 0.374. The Bertz CT molecular complexity index is 623. The van der Waals surface area contributed by atoms with Gasteiger partial charge in [-0.3, -0.25) is 0 Å². The molecule has 0 heterocycles. The second-order valence-electron chi connectivity index (χ2n) is 4.97. The van der Waals surface area contributed by atoms with Gasteiger partial charge >= 0.3 is 0 Å². The van der Waals surface area contributed by atoms with Gasteiger partial charge in [-0.15, -0.1) is 0 Å². The molecule has 0 aliphatic heterocycles. The van der Waals surface area contributed by atoms with Crippen molar-refractivity contribution in [3.05, 3.63) is 58.1 Å². The highest BCUT2D eigenvalue weighted by Crippen LogP contribution is 2.29. The molecule has 0 fully saturated rings. The average Bonchev–Trinajstić information content (AvgIpc) is 2.46. The van der Waals surface area contributed by atoms with E-state index in [0.717, 1.165) is 22.4 Å². The van der Waals surface area contributed by atoms with E-state index in [1.165, 1.54) is 0 Å². The van der Waals surface area contributed by atoms with E-state index in [2.05, 4.69) is 0 Å². The van der Waals surface area contributed by atoms with E-state index in [0.29, 0.717) is 17.4 Å². The van der Waals surface area contributed by atoms with Crippen LogP contribution in [0.2, 0.25) is 5.02 Å². The number of benzene rings is 2. The first-order valence-corrected chi connectivity index (χ1v) is 7.13. The van der Waals surface area contributed by atoms with Crippen molar-refractivity contribution in [2.24, 2.45) is 0 Å². The first kappa shape index (κ1) is 15.7. The molecule has 112 valence electrons. The number of methoxy groups -OCH3 is 1. The smallest absolute Gasteiger partial charge is 0.138 e. The van der Waals surface area contributed by atoms with Crippen LogP contribution < -0.4 is 9.47 Å². The average molecular weight is 307 g/mol. The van der Waals surface area contributed by atoms with Crippen molar-refractivity contribution in [2.45, 2.75) is 26.6 Å². The number of hydrogen-bond acceptors (Lipinski definition) is 3. The molecule has 0 spiro atoms. The fourth-order valence-electron chi connectivity index (χ4n) is 2.07. The van der Waals surface area contributed by atoms with Crippen molar-refractivity contribution in [3.8, 4) is 11.5 Å². The van der Waals surface area contributed by atoms with Gasteiger partial charge in [0.05, 0.1) is 18.2 Å². The first-order chi connectivity index (χ1) is 10.0. The number of rotatable bonds is 5. The molecule has 1 N–H and O–H groups in total. The minimum Gasteiger partial charge on any atom is -0.496 e. The highest BCUT2D eigenvalue weighted by atomic mass is 35.5. The number of ether oxygens (including phenoxy) is 2. The molecule has 0 aliphatic carbocycles. The van der Waals surface area contributed by atoms with Crippen LogP contribution in [0, 0.1) is 6.92 Å². The monoisotopic (exact) mass is 306 g/mol. The number of aliphatic hydroxyl groups excluding tert-OH is 1. The topological polar surface area (TPSA) is 38.7 Å². The summed E-state index contributed by atoms with van der Waals surface area (Å²) in [6.07, 6.45) is -0.548. The maximum absolute atomic E-state index is 9.53. The summed E-state index contributed by atoms with van der Waals surface area (Å²) in [6.45, 7) is 4.09. The molecule has 0 bridgehead atoms. The summed E-state index contributed by atoms with van der Waals surface area (Å²) in [5, 5.41) is 10.0. The van der Waals surface area contributed by atoms with E-state index in [9.17, 15) is 5.11 Å². The van der Waals surface area contributed by atoms with Crippen LogP contribution in [0.4, 0.5) is 0 Å². The van der Waals surface area contributed by atoms with Crippen molar-refractivity contribution in [3.63, 3.8) is 0 Å². The molecule has 0 saturated heterocycles. The third kappa shape index (κ3) is 3.90. The van der Waals surface area contributed by atoms with Crippen molar-refractivity contribution in [2.75, 3.05) is 7.11 Å². The Balaban J connectivity index is 2.15. The highest BCUT2D eigenvalue weighted by molar-refractivity contribution is 6.32. The van der Waals surface area contributed by atoms with Crippen LogP contribution in [0.3, 0.4) is 0 Å². The summed E-state index contributed by atoms with van der Waals surface area (Å²) in [6, 6.07) is 11.2. The summed E-state index contributed by atoms with van der Waals surface area (Å²) < 4.78 is 11.1. The van der Waals surface area contributed by atoms with Crippen LogP contribution in [0.5, 0.6) is 11.5 Å². The zero-order valence-corrected chi connectivity index (χ0v) is 13.1. The van der Waals surface area contributed by atoms with Gasteiger partial charge in [-0.05, 0) is 43.7 Å². The second-order valence-corrected chi connectivity index (χ2v) is 5.38. The maximum atomic E-state index is 9.53. The van der Waals surface area contributed by atoms with E-state index in [-0.39, 0.29) is 0 Å². The predicted molar refractivity (Wildman–Crippen MR) is 84.1 cm³/mol. The highest BCUT2D eigenvalue weighted by Gasteiger charge is 2.09. The predicted octanol–water partition coefficient (Wildman–Crippen LogP) is 4.29. The van der Waals surface area contributed by atoms with Gasteiger partial charge in [-0.25, -0.2) is 0 Å². The molecule has 0 aromatic heterocycles. The van der Waals surface area contributed by atoms with Gasteiger partial charge in [0.15, 0.2) is 0 Å². The maximum Gasteiger partial charge on any atom is 0.138 e. The van der Waals surface area contributed by atoms with E-state index in [4.69, 9.17) is 21.1 Å². The number of aliphatic hydroxyl groups is 1. The Kier molecular flexibility index (Phi) is 5.10. The lowest BCUT2D eigenvalue weighted by Crippen LogP contribution is -2.00. The van der Waals surface area contributed by atoms with Gasteiger partial charge in [0, 0.05) is 5.56 Å². The molecule has 2 aromatic carbocycles. The first-order valence-electron chi connectivity index (χ1n) is 6.75. The van der Waals surface area contributed by atoms with Crippen LogP contribution in [-0.2, 0) is 6.61 Å². The summed E-state index contributed by atoms with van der Waals surface area (Å²) in [7, 11) is 1.64. The molecular formula is C17H19ClO3. The molecule has 2 rings (SSSR count). The summed E-state index contributed by atoms with van der Waals surface area (Å²) in [5.41, 5.74) is 2.87.